The van der Waals surface area contributed by atoms with Gasteiger partial charge >= 0.3 is 0 Å². The van der Waals surface area contributed by atoms with Crippen molar-refractivity contribution in [3.63, 3.8) is 0 Å². The normalized spacial score (nSPS) is 20.4. The van der Waals surface area contributed by atoms with Crippen LogP contribution in [0.2, 0.25) is 0 Å². The van der Waals surface area contributed by atoms with E-state index in [9.17, 15) is 8.42 Å². The monoisotopic (exact) mass is 341 g/mol. The first-order chi connectivity index (χ1) is 10.4. The minimum atomic E-state index is -3.52. The zero-order valence-corrected chi connectivity index (χ0v) is 14.5. The fourth-order valence-electron chi connectivity index (χ4n) is 2.89. The average molecular weight is 341 g/mol. The lowest BCUT2D eigenvalue weighted by molar-refractivity contribution is 0.314. The molecule has 1 unspecified atom stereocenters. The standard InChI is InChI=1S/C13H19N5O2S2/c1-8-12(9(2)15-14-8)22(19,20)18-6-4-5-11(7-18)13-17-16-10(3)21-13/h11H,4-7H2,1-3H3,(H,14,15). The van der Waals surface area contributed by atoms with E-state index >= 15 is 0 Å². The van der Waals surface area contributed by atoms with E-state index in [2.05, 4.69) is 20.4 Å². The lowest BCUT2D eigenvalue weighted by Gasteiger charge is -2.30. The summed E-state index contributed by atoms with van der Waals surface area (Å²) in [6.45, 7) is 6.37. The third-order valence-electron chi connectivity index (χ3n) is 3.93. The van der Waals surface area contributed by atoms with Crippen molar-refractivity contribution in [3.05, 3.63) is 21.4 Å². The second kappa shape index (κ2) is 5.71. The molecule has 1 aliphatic rings. The van der Waals surface area contributed by atoms with Crippen LogP contribution in [0.4, 0.5) is 0 Å². The fraction of sp³-hybridized carbons (Fsp3) is 0.615. The van der Waals surface area contributed by atoms with Crippen LogP contribution in [0.5, 0.6) is 0 Å². The lowest BCUT2D eigenvalue weighted by Crippen LogP contribution is -2.39. The third kappa shape index (κ3) is 2.68. The van der Waals surface area contributed by atoms with Crippen LogP contribution in [0.3, 0.4) is 0 Å². The molecule has 0 aliphatic carbocycles. The zero-order valence-electron chi connectivity index (χ0n) is 12.8. The van der Waals surface area contributed by atoms with Crippen LogP contribution < -0.4 is 0 Å². The van der Waals surface area contributed by atoms with E-state index in [1.165, 1.54) is 0 Å². The maximum Gasteiger partial charge on any atom is 0.246 e. The second-order valence-electron chi connectivity index (χ2n) is 5.62. The number of nitrogens with one attached hydrogen (secondary N) is 1. The summed E-state index contributed by atoms with van der Waals surface area (Å²) in [7, 11) is -3.52. The van der Waals surface area contributed by atoms with Crippen LogP contribution in [-0.2, 0) is 10.0 Å². The largest absolute Gasteiger partial charge is 0.281 e. The van der Waals surface area contributed by atoms with Crippen LogP contribution in [0, 0.1) is 20.8 Å². The number of hydrogen-bond acceptors (Lipinski definition) is 6. The number of sulfonamides is 1. The predicted molar refractivity (Wildman–Crippen MR) is 83.4 cm³/mol. The molecule has 2 aromatic rings. The average Bonchev–Trinajstić information content (AvgIpc) is 3.05. The summed E-state index contributed by atoms with van der Waals surface area (Å²) in [6, 6.07) is 0. The number of aryl methyl sites for hydroxylation is 3. The lowest BCUT2D eigenvalue weighted by atomic mass is 10.0. The summed E-state index contributed by atoms with van der Waals surface area (Å²) in [4.78, 5) is 0.307. The van der Waals surface area contributed by atoms with Gasteiger partial charge in [0.25, 0.3) is 0 Å². The molecule has 7 nitrogen and oxygen atoms in total. The molecular weight excluding hydrogens is 322 g/mol. The van der Waals surface area contributed by atoms with Gasteiger partial charge in [0.05, 0.1) is 11.4 Å². The molecule has 1 fully saturated rings. The summed E-state index contributed by atoms with van der Waals surface area (Å²) in [5.41, 5.74) is 1.11. The van der Waals surface area contributed by atoms with Gasteiger partial charge in [-0.2, -0.15) is 9.40 Å². The highest BCUT2D eigenvalue weighted by atomic mass is 32.2. The molecule has 2 aromatic heterocycles. The first kappa shape index (κ1) is 15.6. The molecule has 1 aliphatic heterocycles. The van der Waals surface area contributed by atoms with E-state index in [0.717, 1.165) is 22.9 Å². The molecule has 9 heteroatoms. The molecule has 0 amide bonds. The molecule has 0 bridgehead atoms. The van der Waals surface area contributed by atoms with Crippen LogP contribution in [-0.4, -0.2) is 46.2 Å². The van der Waals surface area contributed by atoms with Crippen LogP contribution in [0.15, 0.2) is 4.90 Å². The Morgan fingerprint density at radius 1 is 1.27 bits per heavy atom. The SMILES string of the molecule is Cc1nnc(C2CCCN(S(=O)(=O)c3c(C)n[nH]c3C)C2)s1. The Kier molecular flexibility index (Phi) is 4.04. The number of aromatic amines is 1. The first-order valence-corrected chi connectivity index (χ1v) is 9.47. The van der Waals surface area contributed by atoms with E-state index in [0.29, 0.717) is 29.4 Å². The van der Waals surface area contributed by atoms with Gasteiger partial charge in [0.1, 0.15) is 14.9 Å². The van der Waals surface area contributed by atoms with Crippen molar-refractivity contribution in [1.82, 2.24) is 24.7 Å². The number of rotatable bonds is 3. The minimum Gasteiger partial charge on any atom is -0.281 e. The number of piperidine rings is 1. The molecule has 22 heavy (non-hydrogen) atoms. The highest BCUT2D eigenvalue weighted by Crippen LogP contribution is 2.32. The Morgan fingerprint density at radius 2 is 2.05 bits per heavy atom. The maximum absolute atomic E-state index is 12.9. The summed E-state index contributed by atoms with van der Waals surface area (Å²) < 4.78 is 27.4. The number of H-pyrrole nitrogens is 1. The number of aromatic nitrogens is 4. The first-order valence-electron chi connectivity index (χ1n) is 7.21. The van der Waals surface area contributed by atoms with Gasteiger partial charge in [-0.25, -0.2) is 8.42 Å². The molecule has 3 rings (SSSR count). The molecule has 120 valence electrons. The van der Waals surface area contributed by atoms with E-state index in [-0.39, 0.29) is 5.92 Å². The quantitative estimate of drug-likeness (QED) is 0.918. The maximum atomic E-state index is 12.9. The molecule has 0 saturated carbocycles. The Labute approximate surface area is 133 Å². The van der Waals surface area contributed by atoms with E-state index in [1.54, 1.807) is 29.5 Å². The van der Waals surface area contributed by atoms with Crippen molar-refractivity contribution in [2.45, 2.75) is 44.4 Å². The van der Waals surface area contributed by atoms with Crippen molar-refractivity contribution in [1.29, 1.82) is 0 Å². The number of hydrogen-bond donors (Lipinski definition) is 1. The van der Waals surface area contributed by atoms with Gasteiger partial charge in [-0.1, -0.05) is 0 Å². The predicted octanol–water partition coefficient (Wildman–Crippen LogP) is 1.75. The summed E-state index contributed by atoms with van der Waals surface area (Å²) in [6.07, 6.45) is 1.78. The topological polar surface area (TPSA) is 91.8 Å². The Balaban J connectivity index is 1.88. The van der Waals surface area contributed by atoms with Gasteiger partial charge in [0.2, 0.25) is 10.0 Å². The molecular formula is C13H19N5O2S2. The van der Waals surface area contributed by atoms with Crippen LogP contribution >= 0.6 is 11.3 Å². The molecule has 3 heterocycles. The van der Waals surface area contributed by atoms with Crippen molar-refractivity contribution >= 4 is 21.4 Å². The molecule has 1 saturated heterocycles. The summed E-state index contributed by atoms with van der Waals surface area (Å²) in [5, 5.41) is 16.8. The van der Waals surface area contributed by atoms with Crippen LogP contribution in [0.1, 0.15) is 40.2 Å². The van der Waals surface area contributed by atoms with Gasteiger partial charge in [-0.15, -0.1) is 21.5 Å². The zero-order chi connectivity index (χ0) is 15.9. The Hall–Kier alpha value is -1.32. The van der Waals surface area contributed by atoms with Crippen molar-refractivity contribution in [2.75, 3.05) is 13.1 Å². The smallest absolute Gasteiger partial charge is 0.246 e. The molecule has 0 aromatic carbocycles. The molecule has 1 N–H and O–H groups in total. The Morgan fingerprint density at radius 3 is 2.64 bits per heavy atom. The minimum absolute atomic E-state index is 0.127. The van der Waals surface area contributed by atoms with E-state index < -0.39 is 10.0 Å². The van der Waals surface area contributed by atoms with E-state index in [4.69, 9.17) is 0 Å². The molecule has 0 radical (unpaired) electrons. The summed E-state index contributed by atoms with van der Waals surface area (Å²) >= 11 is 1.55. The van der Waals surface area contributed by atoms with Gasteiger partial charge in [0.15, 0.2) is 0 Å². The van der Waals surface area contributed by atoms with Crippen molar-refractivity contribution in [2.24, 2.45) is 0 Å². The van der Waals surface area contributed by atoms with Gasteiger partial charge in [-0.3, -0.25) is 5.10 Å². The fourth-order valence-corrected chi connectivity index (χ4v) is 5.57. The van der Waals surface area contributed by atoms with Crippen molar-refractivity contribution < 1.29 is 8.42 Å². The summed E-state index contributed by atoms with van der Waals surface area (Å²) in [5.74, 6) is 0.127. The van der Waals surface area contributed by atoms with Gasteiger partial charge in [-0.05, 0) is 33.6 Å². The highest BCUT2D eigenvalue weighted by molar-refractivity contribution is 7.89. The van der Waals surface area contributed by atoms with Gasteiger partial charge in [0, 0.05) is 19.0 Å². The molecule has 0 spiro atoms. The van der Waals surface area contributed by atoms with Gasteiger partial charge < -0.3 is 0 Å². The second-order valence-corrected chi connectivity index (χ2v) is 8.71. The Bertz CT molecular complexity index is 761. The van der Waals surface area contributed by atoms with Crippen LogP contribution in [0.25, 0.3) is 0 Å². The van der Waals surface area contributed by atoms with Crippen molar-refractivity contribution in [3.8, 4) is 0 Å². The third-order valence-corrected chi connectivity index (χ3v) is 7.06. The highest BCUT2D eigenvalue weighted by Gasteiger charge is 2.34. The molecule has 1 atom stereocenters. The van der Waals surface area contributed by atoms with E-state index in [1.807, 2.05) is 6.92 Å². The number of nitrogens with zero attached hydrogens (tertiary/aromatic N) is 4.